The summed E-state index contributed by atoms with van der Waals surface area (Å²) in [7, 11) is 0. The lowest BCUT2D eigenvalue weighted by Gasteiger charge is -2.11. The SMILES string of the molecule is O=C(C=Cc1cccc([N+](=O)[O-])c1)Nc1ccccc1Oc1ccccc1F. The highest BCUT2D eigenvalue weighted by molar-refractivity contribution is 6.02. The molecule has 0 radical (unpaired) electrons. The topological polar surface area (TPSA) is 81.5 Å². The first-order valence-electron chi connectivity index (χ1n) is 8.28. The summed E-state index contributed by atoms with van der Waals surface area (Å²) in [6, 6.07) is 18.5. The van der Waals surface area contributed by atoms with Crippen LogP contribution >= 0.6 is 0 Å². The molecule has 140 valence electrons. The highest BCUT2D eigenvalue weighted by Crippen LogP contribution is 2.30. The van der Waals surface area contributed by atoms with E-state index in [2.05, 4.69) is 5.32 Å². The van der Waals surface area contributed by atoms with E-state index in [1.54, 1.807) is 42.5 Å². The van der Waals surface area contributed by atoms with Gasteiger partial charge in [-0.25, -0.2) is 4.39 Å². The lowest BCUT2D eigenvalue weighted by atomic mass is 10.2. The van der Waals surface area contributed by atoms with Crippen LogP contribution < -0.4 is 10.1 Å². The second kappa shape index (κ2) is 8.59. The molecule has 1 N–H and O–H groups in total. The zero-order valence-corrected chi connectivity index (χ0v) is 14.5. The largest absolute Gasteiger partial charge is 0.452 e. The van der Waals surface area contributed by atoms with Gasteiger partial charge in [-0.2, -0.15) is 0 Å². The summed E-state index contributed by atoms with van der Waals surface area (Å²) in [6.07, 6.45) is 2.71. The van der Waals surface area contributed by atoms with Gasteiger partial charge in [0.15, 0.2) is 17.3 Å². The predicted molar refractivity (Wildman–Crippen MR) is 104 cm³/mol. The zero-order valence-electron chi connectivity index (χ0n) is 14.5. The molecule has 6 nitrogen and oxygen atoms in total. The van der Waals surface area contributed by atoms with E-state index in [1.807, 2.05) is 0 Å². The Hall–Kier alpha value is -4.00. The minimum atomic E-state index is -0.519. The summed E-state index contributed by atoms with van der Waals surface area (Å²) < 4.78 is 19.4. The zero-order chi connectivity index (χ0) is 19.9. The number of halogens is 1. The lowest BCUT2D eigenvalue weighted by Crippen LogP contribution is -2.08. The number of amides is 1. The normalized spacial score (nSPS) is 10.6. The molecule has 0 aliphatic carbocycles. The Morgan fingerprint density at radius 1 is 1.00 bits per heavy atom. The number of hydrogen-bond donors (Lipinski definition) is 1. The molecule has 1 amide bonds. The van der Waals surface area contributed by atoms with Crippen LogP contribution in [0.25, 0.3) is 6.08 Å². The van der Waals surface area contributed by atoms with Crippen molar-refractivity contribution in [2.75, 3.05) is 5.32 Å². The quantitative estimate of drug-likeness (QED) is 0.364. The number of nitro benzene ring substituents is 1. The fourth-order valence-electron chi connectivity index (χ4n) is 2.39. The van der Waals surface area contributed by atoms with E-state index in [0.29, 0.717) is 11.3 Å². The summed E-state index contributed by atoms with van der Waals surface area (Å²) in [5.74, 6) is -0.661. The molecular formula is C21H15FN2O4. The first-order valence-corrected chi connectivity index (χ1v) is 8.28. The van der Waals surface area contributed by atoms with Crippen molar-refractivity contribution in [3.05, 3.63) is 100 Å². The van der Waals surface area contributed by atoms with E-state index in [0.717, 1.165) is 0 Å². The fourth-order valence-corrected chi connectivity index (χ4v) is 2.39. The van der Waals surface area contributed by atoms with Crippen molar-refractivity contribution < 1.29 is 18.8 Å². The lowest BCUT2D eigenvalue weighted by molar-refractivity contribution is -0.384. The molecule has 0 atom stereocenters. The Bertz CT molecular complexity index is 1050. The van der Waals surface area contributed by atoms with Gasteiger partial charge in [0, 0.05) is 18.2 Å². The molecule has 3 aromatic carbocycles. The van der Waals surface area contributed by atoms with Gasteiger partial charge >= 0.3 is 0 Å². The molecule has 3 rings (SSSR count). The molecule has 0 fully saturated rings. The minimum Gasteiger partial charge on any atom is -0.452 e. The van der Waals surface area contributed by atoms with Crippen LogP contribution in [0.1, 0.15) is 5.56 Å². The number of nitrogens with zero attached hydrogens (tertiary/aromatic N) is 1. The molecule has 0 unspecified atom stereocenters. The Labute approximate surface area is 160 Å². The van der Waals surface area contributed by atoms with Crippen LogP contribution in [0.4, 0.5) is 15.8 Å². The van der Waals surface area contributed by atoms with Crippen molar-refractivity contribution in [3.63, 3.8) is 0 Å². The van der Waals surface area contributed by atoms with Crippen molar-refractivity contribution in [1.82, 2.24) is 0 Å². The van der Waals surface area contributed by atoms with E-state index in [9.17, 15) is 19.3 Å². The highest BCUT2D eigenvalue weighted by atomic mass is 19.1. The van der Waals surface area contributed by atoms with Gasteiger partial charge in [-0.05, 0) is 35.9 Å². The van der Waals surface area contributed by atoms with Crippen LogP contribution in [0.5, 0.6) is 11.5 Å². The molecule has 0 aliphatic rings. The predicted octanol–water partition coefficient (Wildman–Crippen LogP) is 5.18. The molecule has 0 saturated carbocycles. The number of anilines is 1. The average Bonchev–Trinajstić information content (AvgIpc) is 2.70. The van der Waals surface area contributed by atoms with E-state index in [1.165, 1.54) is 42.5 Å². The summed E-state index contributed by atoms with van der Waals surface area (Å²) in [5, 5.41) is 13.5. The van der Waals surface area contributed by atoms with E-state index >= 15 is 0 Å². The first-order chi connectivity index (χ1) is 13.5. The van der Waals surface area contributed by atoms with E-state index in [-0.39, 0.29) is 17.2 Å². The molecule has 0 saturated heterocycles. The number of para-hydroxylation sites is 3. The molecule has 0 heterocycles. The summed E-state index contributed by atoms with van der Waals surface area (Å²) in [6.45, 7) is 0. The van der Waals surface area contributed by atoms with Crippen LogP contribution in [-0.2, 0) is 4.79 Å². The third-order valence-electron chi connectivity index (χ3n) is 3.71. The van der Waals surface area contributed by atoms with Gasteiger partial charge in [0.05, 0.1) is 10.6 Å². The van der Waals surface area contributed by atoms with Crippen LogP contribution in [0.15, 0.2) is 78.9 Å². The summed E-state index contributed by atoms with van der Waals surface area (Å²) in [5.41, 5.74) is 0.811. The number of non-ortho nitro benzene ring substituents is 1. The van der Waals surface area contributed by atoms with Crippen molar-refractivity contribution in [2.24, 2.45) is 0 Å². The van der Waals surface area contributed by atoms with E-state index < -0.39 is 16.6 Å². The third-order valence-corrected chi connectivity index (χ3v) is 3.71. The standard InChI is InChI=1S/C21H15FN2O4/c22-17-8-1-3-10-19(17)28-20-11-4-2-9-18(20)23-21(25)13-12-15-6-5-7-16(14-15)24(26)27/h1-14H,(H,23,25). The van der Waals surface area contributed by atoms with Crippen LogP contribution in [0.3, 0.4) is 0 Å². The van der Waals surface area contributed by atoms with Gasteiger partial charge in [0.1, 0.15) is 0 Å². The van der Waals surface area contributed by atoms with Crippen molar-refractivity contribution in [2.45, 2.75) is 0 Å². The molecule has 0 aromatic heterocycles. The maximum Gasteiger partial charge on any atom is 0.270 e. The van der Waals surface area contributed by atoms with Crippen LogP contribution in [0.2, 0.25) is 0 Å². The van der Waals surface area contributed by atoms with E-state index in [4.69, 9.17) is 4.74 Å². The molecule has 0 spiro atoms. The van der Waals surface area contributed by atoms with Gasteiger partial charge in [-0.15, -0.1) is 0 Å². The maximum absolute atomic E-state index is 13.8. The Balaban J connectivity index is 1.73. The second-order valence-corrected chi connectivity index (χ2v) is 5.70. The highest BCUT2D eigenvalue weighted by Gasteiger charge is 2.09. The monoisotopic (exact) mass is 378 g/mol. The first kappa shape index (κ1) is 18.8. The third kappa shape index (κ3) is 4.79. The number of carbonyl (C=O) groups excluding carboxylic acids is 1. The van der Waals surface area contributed by atoms with Crippen molar-refractivity contribution in [3.8, 4) is 11.5 Å². The number of rotatable bonds is 6. The molecule has 3 aromatic rings. The van der Waals surface area contributed by atoms with Crippen molar-refractivity contribution in [1.29, 1.82) is 0 Å². The summed E-state index contributed by atoms with van der Waals surface area (Å²) in [4.78, 5) is 22.5. The number of nitro groups is 1. The number of benzene rings is 3. The Kier molecular flexibility index (Phi) is 5.76. The number of hydrogen-bond acceptors (Lipinski definition) is 4. The van der Waals surface area contributed by atoms with Gasteiger partial charge in [0.25, 0.3) is 5.69 Å². The van der Waals surface area contributed by atoms with Gasteiger partial charge in [0.2, 0.25) is 5.91 Å². The number of ether oxygens (including phenoxy) is 1. The van der Waals surface area contributed by atoms with Crippen LogP contribution in [-0.4, -0.2) is 10.8 Å². The maximum atomic E-state index is 13.8. The number of carbonyl (C=O) groups is 1. The minimum absolute atomic E-state index is 0.0383. The average molecular weight is 378 g/mol. The van der Waals surface area contributed by atoms with Crippen molar-refractivity contribution >= 4 is 23.4 Å². The molecule has 0 bridgehead atoms. The molecule has 28 heavy (non-hydrogen) atoms. The fraction of sp³-hybridized carbons (Fsp3) is 0. The number of nitrogens with one attached hydrogen (secondary N) is 1. The molecule has 7 heteroatoms. The van der Waals surface area contributed by atoms with Crippen LogP contribution in [0, 0.1) is 15.9 Å². The smallest absolute Gasteiger partial charge is 0.270 e. The molecular weight excluding hydrogens is 363 g/mol. The van der Waals surface area contributed by atoms with Gasteiger partial charge in [-0.1, -0.05) is 36.4 Å². The Morgan fingerprint density at radius 3 is 2.46 bits per heavy atom. The van der Waals surface area contributed by atoms with Gasteiger partial charge in [-0.3, -0.25) is 14.9 Å². The van der Waals surface area contributed by atoms with Gasteiger partial charge < -0.3 is 10.1 Å². The second-order valence-electron chi connectivity index (χ2n) is 5.70. The summed E-state index contributed by atoms with van der Waals surface area (Å²) >= 11 is 0. The molecule has 0 aliphatic heterocycles. The Morgan fingerprint density at radius 2 is 1.71 bits per heavy atom.